The van der Waals surface area contributed by atoms with Crippen molar-refractivity contribution in [3.05, 3.63) is 23.3 Å². The van der Waals surface area contributed by atoms with Gasteiger partial charge in [-0.2, -0.15) is 0 Å². The van der Waals surface area contributed by atoms with E-state index >= 15 is 0 Å². The van der Waals surface area contributed by atoms with Crippen LogP contribution in [0.5, 0.6) is 11.5 Å². The van der Waals surface area contributed by atoms with E-state index in [4.69, 9.17) is 10.5 Å². The van der Waals surface area contributed by atoms with Crippen molar-refractivity contribution < 1.29 is 14.9 Å². The Morgan fingerprint density at radius 1 is 1.44 bits per heavy atom. The lowest BCUT2D eigenvalue weighted by molar-refractivity contribution is 0.00645. The average Bonchev–Trinajstić information content (AvgIpc) is 2.32. The summed E-state index contributed by atoms with van der Waals surface area (Å²) in [4.78, 5) is 0. The van der Waals surface area contributed by atoms with Gasteiger partial charge in [0, 0.05) is 18.0 Å². The maximum absolute atomic E-state index is 9.90. The van der Waals surface area contributed by atoms with E-state index in [2.05, 4.69) is 0 Å². The molecule has 4 N–H and O–H groups in total. The zero-order valence-corrected chi connectivity index (χ0v) is 9.31. The highest BCUT2D eigenvalue weighted by molar-refractivity contribution is 5.51. The van der Waals surface area contributed by atoms with Crippen molar-refractivity contribution in [1.29, 1.82) is 0 Å². The number of fused-ring (bicyclic) bond motifs is 1. The monoisotopic (exact) mass is 223 g/mol. The SMILES string of the molecule is CC[C@@H]1OCc2ccc(O)c(O)c2C1CN. The molecule has 1 aromatic rings. The maximum Gasteiger partial charge on any atom is 0.161 e. The van der Waals surface area contributed by atoms with Crippen LogP contribution in [-0.4, -0.2) is 22.9 Å². The van der Waals surface area contributed by atoms with Gasteiger partial charge in [0.25, 0.3) is 0 Å². The summed E-state index contributed by atoms with van der Waals surface area (Å²) in [6.07, 6.45) is 0.862. The highest BCUT2D eigenvalue weighted by Gasteiger charge is 2.31. The molecule has 0 aromatic heterocycles. The first-order valence-corrected chi connectivity index (χ1v) is 5.54. The minimum atomic E-state index is -0.0889. The molecule has 1 aliphatic rings. The van der Waals surface area contributed by atoms with Crippen LogP contribution in [0.25, 0.3) is 0 Å². The summed E-state index contributed by atoms with van der Waals surface area (Å²) in [5, 5.41) is 19.4. The van der Waals surface area contributed by atoms with Crippen molar-refractivity contribution in [2.24, 2.45) is 5.73 Å². The smallest absolute Gasteiger partial charge is 0.161 e. The van der Waals surface area contributed by atoms with E-state index in [0.717, 1.165) is 17.5 Å². The molecule has 0 fully saturated rings. The van der Waals surface area contributed by atoms with Crippen molar-refractivity contribution >= 4 is 0 Å². The number of phenols is 2. The number of hydrogen-bond acceptors (Lipinski definition) is 4. The molecule has 1 aliphatic heterocycles. The molecule has 0 saturated heterocycles. The molecule has 0 aliphatic carbocycles. The van der Waals surface area contributed by atoms with E-state index in [1.165, 1.54) is 6.07 Å². The topological polar surface area (TPSA) is 75.7 Å². The lowest BCUT2D eigenvalue weighted by Gasteiger charge is -2.33. The van der Waals surface area contributed by atoms with Crippen LogP contribution in [0.3, 0.4) is 0 Å². The third-order valence-corrected chi connectivity index (χ3v) is 3.21. The van der Waals surface area contributed by atoms with Crippen molar-refractivity contribution in [3.8, 4) is 11.5 Å². The van der Waals surface area contributed by atoms with Crippen LogP contribution in [0, 0.1) is 0 Å². The average molecular weight is 223 g/mol. The van der Waals surface area contributed by atoms with Crippen LogP contribution in [0.15, 0.2) is 12.1 Å². The Bertz CT molecular complexity index is 392. The molecule has 2 rings (SSSR count). The van der Waals surface area contributed by atoms with Crippen molar-refractivity contribution in [1.82, 2.24) is 0 Å². The highest BCUT2D eigenvalue weighted by atomic mass is 16.5. The van der Waals surface area contributed by atoms with Gasteiger partial charge in [-0.1, -0.05) is 13.0 Å². The number of rotatable bonds is 2. The maximum atomic E-state index is 9.90. The van der Waals surface area contributed by atoms with E-state index in [1.807, 2.05) is 6.92 Å². The number of phenolic OH excluding ortho intramolecular Hbond substituents is 2. The summed E-state index contributed by atoms with van der Waals surface area (Å²) >= 11 is 0. The van der Waals surface area contributed by atoms with Gasteiger partial charge in [0.05, 0.1) is 12.7 Å². The van der Waals surface area contributed by atoms with Gasteiger partial charge in [-0.15, -0.1) is 0 Å². The first-order chi connectivity index (χ1) is 7.69. The Kier molecular flexibility index (Phi) is 3.03. The zero-order chi connectivity index (χ0) is 11.7. The van der Waals surface area contributed by atoms with Crippen LogP contribution < -0.4 is 5.73 Å². The fraction of sp³-hybridized carbons (Fsp3) is 0.500. The minimum absolute atomic E-state index is 0.0187. The van der Waals surface area contributed by atoms with Gasteiger partial charge in [0.2, 0.25) is 0 Å². The van der Waals surface area contributed by atoms with Gasteiger partial charge >= 0.3 is 0 Å². The summed E-state index contributed by atoms with van der Waals surface area (Å²) in [5.41, 5.74) is 7.39. The molecule has 16 heavy (non-hydrogen) atoms. The number of benzene rings is 1. The minimum Gasteiger partial charge on any atom is -0.504 e. The lowest BCUT2D eigenvalue weighted by Crippen LogP contribution is -2.32. The van der Waals surface area contributed by atoms with E-state index < -0.39 is 0 Å². The number of hydrogen-bond donors (Lipinski definition) is 3. The van der Waals surface area contributed by atoms with Crippen LogP contribution in [0.1, 0.15) is 30.4 Å². The summed E-state index contributed by atoms with van der Waals surface area (Å²) < 4.78 is 5.68. The lowest BCUT2D eigenvalue weighted by atomic mass is 9.85. The largest absolute Gasteiger partial charge is 0.504 e. The molecule has 4 heteroatoms. The van der Waals surface area contributed by atoms with Gasteiger partial charge in [-0.25, -0.2) is 0 Å². The Morgan fingerprint density at radius 3 is 2.81 bits per heavy atom. The fourth-order valence-electron chi connectivity index (χ4n) is 2.35. The van der Waals surface area contributed by atoms with Gasteiger partial charge in [0.15, 0.2) is 11.5 Å². The Balaban J connectivity index is 2.50. The second-order valence-electron chi connectivity index (χ2n) is 4.11. The third-order valence-electron chi connectivity index (χ3n) is 3.21. The van der Waals surface area contributed by atoms with Crippen LogP contribution in [-0.2, 0) is 11.3 Å². The van der Waals surface area contributed by atoms with Crippen LogP contribution >= 0.6 is 0 Å². The van der Waals surface area contributed by atoms with E-state index in [0.29, 0.717) is 13.2 Å². The van der Waals surface area contributed by atoms with Gasteiger partial charge < -0.3 is 20.7 Å². The van der Waals surface area contributed by atoms with Crippen molar-refractivity contribution in [3.63, 3.8) is 0 Å². The number of aromatic hydroxyl groups is 2. The first kappa shape index (κ1) is 11.2. The highest BCUT2D eigenvalue weighted by Crippen LogP contribution is 2.42. The molecular weight excluding hydrogens is 206 g/mol. The van der Waals surface area contributed by atoms with Gasteiger partial charge in [-0.3, -0.25) is 0 Å². The molecule has 0 radical (unpaired) electrons. The van der Waals surface area contributed by atoms with Crippen molar-refractivity contribution in [2.45, 2.75) is 32.0 Å². The number of ether oxygens (including phenoxy) is 1. The normalized spacial score (nSPS) is 24.1. The Labute approximate surface area is 94.7 Å². The van der Waals surface area contributed by atoms with Crippen LogP contribution in [0.4, 0.5) is 0 Å². The van der Waals surface area contributed by atoms with E-state index in [9.17, 15) is 10.2 Å². The molecule has 1 aromatic carbocycles. The summed E-state index contributed by atoms with van der Waals surface area (Å²) in [6, 6.07) is 3.26. The Morgan fingerprint density at radius 2 is 2.19 bits per heavy atom. The fourth-order valence-corrected chi connectivity index (χ4v) is 2.35. The third kappa shape index (κ3) is 1.64. The molecule has 0 saturated carbocycles. The predicted molar refractivity (Wildman–Crippen MR) is 60.4 cm³/mol. The Hall–Kier alpha value is -1.26. The first-order valence-electron chi connectivity index (χ1n) is 5.54. The summed E-state index contributed by atoms with van der Waals surface area (Å²) in [6.45, 7) is 2.90. The summed E-state index contributed by atoms with van der Waals surface area (Å²) in [5.74, 6) is -0.176. The number of nitrogens with two attached hydrogens (primary N) is 1. The van der Waals surface area contributed by atoms with Gasteiger partial charge in [0.1, 0.15) is 0 Å². The van der Waals surface area contributed by atoms with Crippen LogP contribution in [0.2, 0.25) is 0 Å². The molecule has 0 bridgehead atoms. The van der Waals surface area contributed by atoms with E-state index in [-0.39, 0.29) is 23.5 Å². The second-order valence-corrected chi connectivity index (χ2v) is 4.11. The van der Waals surface area contributed by atoms with E-state index in [1.54, 1.807) is 6.07 Å². The second kappa shape index (κ2) is 4.31. The predicted octanol–water partition coefficient (Wildman–Crippen LogP) is 1.45. The van der Waals surface area contributed by atoms with Crippen molar-refractivity contribution in [2.75, 3.05) is 6.54 Å². The molecular formula is C12H17NO3. The molecule has 1 unspecified atom stereocenters. The molecule has 0 spiro atoms. The molecule has 88 valence electrons. The molecule has 4 nitrogen and oxygen atoms in total. The van der Waals surface area contributed by atoms with Gasteiger partial charge in [-0.05, 0) is 18.1 Å². The molecule has 0 amide bonds. The molecule has 2 atom stereocenters. The zero-order valence-electron chi connectivity index (χ0n) is 9.31. The molecule has 1 heterocycles. The standard InChI is InChI=1S/C12H17NO3/c1-2-10-8(5-13)11-7(6-16-10)3-4-9(14)12(11)15/h3-4,8,10,14-15H,2,5-6,13H2,1H3/t8?,10-/m0/s1. The quantitative estimate of drug-likeness (QED) is 0.663. The summed E-state index contributed by atoms with van der Waals surface area (Å²) in [7, 11) is 0.